The van der Waals surface area contributed by atoms with Gasteiger partial charge in [0.25, 0.3) is 5.91 Å². The third-order valence-corrected chi connectivity index (χ3v) is 4.15. The van der Waals surface area contributed by atoms with Crippen molar-refractivity contribution < 1.29 is 9.90 Å². The fourth-order valence-corrected chi connectivity index (χ4v) is 2.83. The summed E-state index contributed by atoms with van der Waals surface area (Å²) >= 11 is 0. The summed E-state index contributed by atoms with van der Waals surface area (Å²) < 4.78 is 1.63. The average molecular weight is 300 g/mol. The topological polar surface area (TPSA) is 80.0 Å². The molecule has 0 unspecified atom stereocenters. The molecule has 6 heteroatoms. The van der Waals surface area contributed by atoms with Crippen molar-refractivity contribution in [3.8, 4) is 5.82 Å². The molecule has 2 aromatic rings. The number of aromatic nitrogens is 3. The number of carbonyl (C=O) groups excluding carboxylic acids is 1. The molecular formula is C16H20N4O2. The highest BCUT2D eigenvalue weighted by atomic mass is 16.3. The molecule has 2 heterocycles. The van der Waals surface area contributed by atoms with E-state index in [9.17, 15) is 4.79 Å². The van der Waals surface area contributed by atoms with E-state index in [4.69, 9.17) is 5.11 Å². The Morgan fingerprint density at radius 1 is 1.27 bits per heavy atom. The molecule has 0 radical (unpaired) electrons. The molecule has 6 nitrogen and oxygen atoms in total. The Balaban J connectivity index is 1.64. The molecule has 1 amide bonds. The summed E-state index contributed by atoms with van der Waals surface area (Å²) in [5, 5.41) is 16.3. The van der Waals surface area contributed by atoms with Crippen LogP contribution in [0.2, 0.25) is 0 Å². The number of hydrogen-bond acceptors (Lipinski definition) is 4. The average Bonchev–Trinajstić information content (AvgIpc) is 3.10. The summed E-state index contributed by atoms with van der Waals surface area (Å²) in [5.74, 6) is 0.859. The first kappa shape index (κ1) is 14.7. The van der Waals surface area contributed by atoms with Crippen molar-refractivity contribution >= 4 is 5.91 Å². The number of hydrogen-bond donors (Lipinski definition) is 2. The Labute approximate surface area is 129 Å². The first-order chi connectivity index (χ1) is 10.8. The minimum atomic E-state index is -0.151. The summed E-state index contributed by atoms with van der Waals surface area (Å²) in [6, 6.07) is 7.32. The lowest BCUT2D eigenvalue weighted by Crippen LogP contribution is -2.38. The number of aliphatic hydroxyl groups is 1. The van der Waals surface area contributed by atoms with Crippen LogP contribution in [0.3, 0.4) is 0 Å². The van der Waals surface area contributed by atoms with Crippen molar-refractivity contribution in [2.24, 2.45) is 5.92 Å². The first-order valence-corrected chi connectivity index (χ1v) is 7.65. The third kappa shape index (κ3) is 3.33. The van der Waals surface area contributed by atoms with Gasteiger partial charge < -0.3 is 10.4 Å². The van der Waals surface area contributed by atoms with E-state index in [2.05, 4.69) is 15.4 Å². The van der Waals surface area contributed by atoms with Crippen LogP contribution in [-0.4, -0.2) is 38.4 Å². The van der Waals surface area contributed by atoms with E-state index in [0.717, 1.165) is 25.7 Å². The number of nitrogens with zero attached hydrogens (tertiary/aromatic N) is 3. The van der Waals surface area contributed by atoms with Crippen LogP contribution < -0.4 is 5.32 Å². The normalized spacial score (nSPS) is 21.5. The van der Waals surface area contributed by atoms with E-state index in [0.29, 0.717) is 17.4 Å². The van der Waals surface area contributed by atoms with Gasteiger partial charge in [-0.3, -0.25) is 4.79 Å². The summed E-state index contributed by atoms with van der Waals surface area (Å²) in [6.45, 7) is 0.244. The van der Waals surface area contributed by atoms with Gasteiger partial charge in [0.1, 0.15) is 5.69 Å². The van der Waals surface area contributed by atoms with E-state index in [1.807, 2.05) is 18.2 Å². The Kier molecular flexibility index (Phi) is 4.48. The summed E-state index contributed by atoms with van der Waals surface area (Å²) in [7, 11) is 0. The molecule has 116 valence electrons. The lowest BCUT2D eigenvalue weighted by Gasteiger charge is -2.27. The minimum absolute atomic E-state index is 0.151. The Morgan fingerprint density at radius 2 is 2.09 bits per heavy atom. The van der Waals surface area contributed by atoms with E-state index < -0.39 is 0 Å². The first-order valence-electron chi connectivity index (χ1n) is 7.65. The van der Waals surface area contributed by atoms with E-state index >= 15 is 0 Å². The Morgan fingerprint density at radius 3 is 2.77 bits per heavy atom. The van der Waals surface area contributed by atoms with Gasteiger partial charge in [0.2, 0.25) is 0 Å². The van der Waals surface area contributed by atoms with Gasteiger partial charge in [-0.05, 0) is 49.8 Å². The van der Waals surface area contributed by atoms with Gasteiger partial charge in [-0.2, -0.15) is 5.10 Å². The minimum Gasteiger partial charge on any atom is -0.396 e. The van der Waals surface area contributed by atoms with Gasteiger partial charge >= 0.3 is 0 Å². The van der Waals surface area contributed by atoms with Crippen LogP contribution >= 0.6 is 0 Å². The maximum atomic E-state index is 12.3. The molecule has 1 aliphatic carbocycles. The van der Waals surface area contributed by atoms with Gasteiger partial charge in [0.15, 0.2) is 5.82 Å². The van der Waals surface area contributed by atoms with E-state index in [-0.39, 0.29) is 18.6 Å². The van der Waals surface area contributed by atoms with Gasteiger partial charge in [-0.25, -0.2) is 9.67 Å². The van der Waals surface area contributed by atoms with Crippen LogP contribution in [0, 0.1) is 5.92 Å². The number of carbonyl (C=O) groups is 1. The van der Waals surface area contributed by atoms with Crippen molar-refractivity contribution in [1.29, 1.82) is 0 Å². The van der Waals surface area contributed by atoms with Gasteiger partial charge in [0.05, 0.1) is 0 Å². The Hall–Kier alpha value is -2.21. The van der Waals surface area contributed by atoms with Crippen molar-refractivity contribution in [1.82, 2.24) is 20.1 Å². The van der Waals surface area contributed by atoms with Crippen LogP contribution in [-0.2, 0) is 0 Å². The third-order valence-electron chi connectivity index (χ3n) is 4.15. The number of pyridine rings is 1. The van der Waals surface area contributed by atoms with Crippen molar-refractivity contribution in [3.05, 3.63) is 42.4 Å². The summed E-state index contributed by atoms with van der Waals surface area (Å²) in [5.41, 5.74) is 0.400. The molecular weight excluding hydrogens is 280 g/mol. The molecule has 0 spiro atoms. The number of amides is 1. The zero-order valence-electron chi connectivity index (χ0n) is 12.4. The molecule has 0 saturated heterocycles. The molecule has 0 aromatic carbocycles. The second-order valence-corrected chi connectivity index (χ2v) is 5.71. The van der Waals surface area contributed by atoms with Gasteiger partial charge in [-0.15, -0.1) is 0 Å². The number of aliphatic hydroxyl groups excluding tert-OH is 1. The van der Waals surface area contributed by atoms with E-state index in [1.165, 1.54) is 0 Å². The largest absolute Gasteiger partial charge is 0.396 e. The highest BCUT2D eigenvalue weighted by molar-refractivity contribution is 5.92. The maximum absolute atomic E-state index is 12.3. The van der Waals surface area contributed by atoms with Gasteiger partial charge in [0, 0.05) is 25.0 Å². The quantitative estimate of drug-likeness (QED) is 0.898. The molecule has 22 heavy (non-hydrogen) atoms. The molecule has 2 N–H and O–H groups in total. The molecule has 0 bridgehead atoms. The van der Waals surface area contributed by atoms with Crippen LogP contribution in [0.15, 0.2) is 36.7 Å². The van der Waals surface area contributed by atoms with Gasteiger partial charge in [-0.1, -0.05) is 6.07 Å². The molecule has 0 aliphatic heterocycles. The fraction of sp³-hybridized carbons (Fsp3) is 0.438. The molecule has 1 aliphatic rings. The highest BCUT2D eigenvalue weighted by Gasteiger charge is 2.22. The number of nitrogens with one attached hydrogen (secondary N) is 1. The lowest BCUT2D eigenvalue weighted by atomic mass is 9.86. The number of rotatable bonds is 4. The SMILES string of the molecule is O=C(NC1CCC(CO)CC1)c1cccc(-n2cccn2)n1. The molecule has 3 rings (SSSR count). The van der Waals surface area contributed by atoms with Crippen molar-refractivity contribution in [3.63, 3.8) is 0 Å². The molecule has 0 atom stereocenters. The predicted molar refractivity (Wildman–Crippen MR) is 81.7 cm³/mol. The fourth-order valence-electron chi connectivity index (χ4n) is 2.83. The van der Waals surface area contributed by atoms with Crippen LogP contribution in [0.25, 0.3) is 5.82 Å². The van der Waals surface area contributed by atoms with Crippen LogP contribution in [0.5, 0.6) is 0 Å². The summed E-state index contributed by atoms with van der Waals surface area (Å²) in [4.78, 5) is 16.7. The van der Waals surface area contributed by atoms with Crippen molar-refractivity contribution in [2.45, 2.75) is 31.7 Å². The van der Waals surface area contributed by atoms with E-state index in [1.54, 1.807) is 23.1 Å². The maximum Gasteiger partial charge on any atom is 0.270 e. The molecule has 1 fully saturated rings. The monoisotopic (exact) mass is 300 g/mol. The molecule has 1 saturated carbocycles. The smallest absolute Gasteiger partial charge is 0.270 e. The second-order valence-electron chi connectivity index (χ2n) is 5.71. The predicted octanol–water partition coefficient (Wildman–Crippen LogP) is 1.55. The zero-order chi connectivity index (χ0) is 15.4. The lowest BCUT2D eigenvalue weighted by molar-refractivity contribution is 0.0909. The zero-order valence-corrected chi connectivity index (χ0v) is 12.4. The highest BCUT2D eigenvalue weighted by Crippen LogP contribution is 2.23. The van der Waals surface area contributed by atoms with Crippen LogP contribution in [0.1, 0.15) is 36.2 Å². The standard InChI is InChI=1S/C16H20N4O2/c21-11-12-5-7-13(8-6-12)18-16(22)14-3-1-4-15(19-14)20-10-2-9-17-20/h1-4,9-10,12-13,21H,5-8,11H2,(H,18,22). The Bertz CT molecular complexity index is 619. The van der Waals surface area contributed by atoms with Crippen LogP contribution in [0.4, 0.5) is 0 Å². The summed E-state index contributed by atoms with van der Waals surface area (Å²) in [6.07, 6.45) is 7.21. The van der Waals surface area contributed by atoms with Crippen molar-refractivity contribution in [2.75, 3.05) is 6.61 Å². The molecule has 2 aromatic heterocycles. The second kappa shape index (κ2) is 6.70.